The number of amides is 2. The van der Waals surface area contributed by atoms with Crippen molar-refractivity contribution in [2.45, 2.75) is 26.4 Å². The molecule has 2 aromatic rings. The fourth-order valence-electron chi connectivity index (χ4n) is 2.04. The van der Waals surface area contributed by atoms with E-state index in [1.165, 1.54) is 13.2 Å². The topological polar surface area (TPSA) is 102 Å². The first-order valence-corrected chi connectivity index (χ1v) is 6.81. The molecule has 24 heavy (non-hydrogen) atoms. The molecule has 0 bridgehead atoms. The maximum Gasteiger partial charge on any atom is 0.435 e. The lowest BCUT2D eigenvalue weighted by Gasteiger charge is -2.07. The van der Waals surface area contributed by atoms with Crippen LogP contribution in [0.1, 0.15) is 23.9 Å². The van der Waals surface area contributed by atoms with Crippen molar-refractivity contribution in [2.75, 3.05) is 10.6 Å². The van der Waals surface area contributed by atoms with E-state index in [1.54, 1.807) is 6.92 Å². The van der Waals surface area contributed by atoms with Crippen molar-refractivity contribution in [1.29, 1.82) is 0 Å². The number of hydrogen-bond acceptors (Lipinski definition) is 5. The number of aromatic nitrogens is 3. The summed E-state index contributed by atoms with van der Waals surface area (Å²) in [5, 5.41) is 11.2. The minimum absolute atomic E-state index is 0.218. The largest absolute Gasteiger partial charge is 0.435 e. The molecule has 0 atom stereocenters. The summed E-state index contributed by atoms with van der Waals surface area (Å²) in [7, 11) is 1.23. The van der Waals surface area contributed by atoms with Gasteiger partial charge in [0.1, 0.15) is 11.5 Å². The Balaban J connectivity index is 2.15. The van der Waals surface area contributed by atoms with Gasteiger partial charge in [-0.25, -0.2) is 0 Å². The van der Waals surface area contributed by atoms with E-state index in [-0.39, 0.29) is 17.1 Å². The molecule has 0 aliphatic carbocycles. The van der Waals surface area contributed by atoms with Crippen LogP contribution in [0.25, 0.3) is 0 Å². The number of nitrogens with zero attached hydrogens (tertiary/aromatic N) is 3. The van der Waals surface area contributed by atoms with Crippen LogP contribution in [0, 0.1) is 6.92 Å². The van der Waals surface area contributed by atoms with Crippen LogP contribution in [0.15, 0.2) is 10.7 Å². The molecular formula is C13H14F3N5O3. The van der Waals surface area contributed by atoms with Gasteiger partial charge in [0.2, 0.25) is 0 Å². The first-order chi connectivity index (χ1) is 11.1. The highest BCUT2D eigenvalue weighted by Crippen LogP contribution is 2.33. The maximum atomic E-state index is 12.8. The van der Waals surface area contributed by atoms with Crippen molar-refractivity contribution in [2.24, 2.45) is 7.05 Å². The normalized spacial score (nSPS) is 11.4. The van der Waals surface area contributed by atoms with Crippen molar-refractivity contribution in [3.05, 3.63) is 23.2 Å². The molecule has 0 spiro atoms. The van der Waals surface area contributed by atoms with Gasteiger partial charge < -0.3 is 15.2 Å². The highest BCUT2D eigenvalue weighted by atomic mass is 19.4. The second-order valence-electron chi connectivity index (χ2n) is 4.87. The van der Waals surface area contributed by atoms with Gasteiger partial charge in [-0.2, -0.15) is 18.3 Å². The summed E-state index contributed by atoms with van der Waals surface area (Å²) in [4.78, 5) is 23.8. The van der Waals surface area contributed by atoms with E-state index in [0.717, 1.165) is 11.6 Å². The molecule has 2 aromatic heterocycles. The fourth-order valence-corrected chi connectivity index (χ4v) is 2.04. The van der Waals surface area contributed by atoms with Gasteiger partial charge >= 0.3 is 18.0 Å². The second kappa shape index (κ2) is 6.34. The summed E-state index contributed by atoms with van der Waals surface area (Å²) in [6.07, 6.45) is -3.00. The highest BCUT2D eigenvalue weighted by molar-refractivity contribution is 6.43. The van der Waals surface area contributed by atoms with E-state index < -0.39 is 23.7 Å². The Hall–Kier alpha value is -2.85. The Bertz CT molecular complexity index is 778. The first-order valence-electron chi connectivity index (χ1n) is 6.81. The fraction of sp³-hybridized carbons (Fsp3) is 0.385. The Morgan fingerprint density at radius 1 is 1.29 bits per heavy atom. The summed E-state index contributed by atoms with van der Waals surface area (Å²) in [6, 6.07) is 0. The Labute approximate surface area is 134 Å². The van der Waals surface area contributed by atoms with Crippen LogP contribution in [-0.2, 0) is 29.2 Å². The number of halogens is 3. The molecule has 0 saturated heterocycles. The number of rotatable bonds is 3. The third-order valence-corrected chi connectivity index (χ3v) is 3.21. The average Bonchev–Trinajstić information content (AvgIpc) is 3.05. The second-order valence-corrected chi connectivity index (χ2v) is 4.87. The predicted octanol–water partition coefficient (Wildman–Crippen LogP) is 1.87. The average molecular weight is 345 g/mol. The molecule has 0 fully saturated rings. The van der Waals surface area contributed by atoms with Crippen molar-refractivity contribution in [3.63, 3.8) is 0 Å². The summed E-state index contributed by atoms with van der Waals surface area (Å²) >= 11 is 0. The van der Waals surface area contributed by atoms with Gasteiger partial charge in [-0.3, -0.25) is 14.3 Å². The van der Waals surface area contributed by atoms with Gasteiger partial charge in [0, 0.05) is 19.0 Å². The lowest BCUT2D eigenvalue weighted by atomic mass is 10.2. The standard InChI is InChI=1S/C13H14F3N5O3/c1-4-8-7(5-17-24-8)18-11(22)12(23)19-10-6(2)9(13(14,15)16)20-21(10)3/h5H,4H2,1-3H3,(H,18,22)(H,19,23). The quantitative estimate of drug-likeness (QED) is 0.827. The predicted molar refractivity (Wildman–Crippen MR) is 76.1 cm³/mol. The molecular weight excluding hydrogens is 331 g/mol. The Kier molecular flexibility index (Phi) is 4.62. The van der Waals surface area contributed by atoms with E-state index in [4.69, 9.17) is 4.52 Å². The molecule has 0 unspecified atom stereocenters. The monoisotopic (exact) mass is 345 g/mol. The van der Waals surface area contributed by atoms with Gasteiger partial charge in [-0.15, -0.1) is 0 Å². The molecule has 2 heterocycles. The maximum absolute atomic E-state index is 12.8. The summed E-state index contributed by atoms with van der Waals surface area (Å²) in [5.74, 6) is -2.06. The minimum atomic E-state index is -4.66. The molecule has 11 heteroatoms. The Morgan fingerprint density at radius 3 is 2.46 bits per heavy atom. The number of carbonyl (C=O) groups is 2. The van der Waals surface area contributed by atoms with E-state index in [9.17, 15) is 22.8 Å². The van der Waals surface area contributed by atoms with Crippen LogP contribution in [0.5, 0.6) is 0 Å². The zero-order chi connectivity index (χ0) is 18.1. The number of carbonyl (C=O) groups excluding carboxylic acids is 2. The van der Waals surface area contributed by atoms with E-state index in [2.05, 4.69) is 20.9 Å². The molecule has 2 rings (SSSR count). The number of anilines is 2. The van der Waals surface area contributed by atoms with Crippen LogP contribution in [0.4, 0.5) is 24.7 Å². The van der Waals surface area contributed by atoms with Crippen LogP contribution in [0.3, 0.4) is 0 Å². The van der Waals surface area contributed by atoms with E-state index in [0.29, 0.717) is 12.2 Å². The molecule has 8 nitrogen and oxygen atoms in total. The number of nitrogens with one attached hydrogen (secondary N) is 2. The van der Waals surface area contributed by atoms with Crippen LogP contribution in [0.2, 0.25) is 0 Å². The number of alkyl halides is 3. The molecule has 0 saturated carbocycles. The SMILES string of the molecule is CCc1oncc1NC(=O)C(=O)Nc1c(C)c(C(F)(F)F)nn1C. The Morgan fingerprint density at radius 2 is 1.92 bits per heavy atom. The van der Waals surface area contributed by atoms with Crippen molar-refractivity contribution in [3.8, 4) is 0 Å². The summed E-state index contributed by atoms with van der Waals surface area (Å²) < 4.78 is 44.1. The van der Waals surface area contributed by atoms with Gasteiger partial charge in [0.25, 0.3) is 0 Å². The van der Waals surface area contributed by atoms with Crippen LogP contribution in [-0.4, -0.2) is 26.8 Å². The van der Waals surface area contributed by atoms with E-state index >= 15 is 0 Å². The van der Waals surface area contributed by atoms with Gasteiger partial charge in [-0.05, 0) is 6.92 Å². The molecule has 2 N–H and O–H groups in total. The van der Waals surface area contributed by atoms with Gasteiger partial charge in [0.05, 0.1) is 6.20 Å². The van der Waals surface area contributed by atoms with Crippen molar-refractivity contribution < 1.29 is 27.3 Å². The molecule has 0 aliphatic heterocycles. The highest BCUT2D eigenvalue weighted by Gasteiger charge is 2.38. The van der Waals surface area contributed by atoms with Crippen LogP contribution < -0.4 is 10.6 Å². The third-order valence-electron chi connectivity index (χ3n) is 3.21. The van der Waals surface area contributed by atoms with Crippen LogP contribution >= 0.6 is 0 Å². The lowest BCUT2D eigenvalue weighted by molar-refractivity contribution is -0.141. The first kappa shape index (κ1) is 17.5. The number of hydrogen-bond donors (Lipinski definition) is 2. The molecule has 130 valence electrons. The third kappa shape index (κ3) is 3.39. The van der Waals surface area contributed by atoms with E-state index in [1.807, 2.05) is 0 Å². The summed E-state index contributed by atoms with van der Waals surface area (Å²) in [5.41, 5.74) is -1.20. The summed E-state index contributed by atoms with van der Waals surface area (Å²) in [6.45, 7) is 2.91. The molecule has 0 aromatic carbocycles. The van der Waals surface area contributed by atoms with Gasteiger partial charge in [-0.1, -0.05) is 12.1 Å². The van der Waals surface area contributed by atoms with Gasteiger partial charge in [0.15, 0.2) is 11.5 Å². The zero-order valence-corrected chi connectivity index (χ0v) is 13.0. The van der Waals surface area contributed by atoms with Crippen molar-refractivity contribution in [1.82, 2.24) is 14.9 Å². The number of aryl methyl sites for hydroxylation is 2. The zero-order valence-electron chi connectivity index (χ0n) is 13.0. The lowest BCUT2D eigenvalue weighted by Crippen LogP contribution is -2.30. The molecule has 0 aliphatic rings. The minimum Gasteiger partial charge on any atom is -0.359 e. The molecule has 2 amide bonds. The molecule has 0 radical (unpaired) electrons. The van der Waals surface area contributed by atoms with Crippen molar-refractivity contribution >= 4 is 23.3 Å². The smallest absolute Gasteiger partial charge is 0.359 e.